The molecule has 2 amide bonds. The van der Waals surface area contributed by atoms with Gasteiger partial charge in [0.25, 0.3) is 0 Å². The van der Waals surface area contributed by atoms with E-state index in [0.717, 1.165) is 5.56 Å². The largest absolute Gasteiger partial charge is 0.446 e. The van der Waals surface area contributed by atoms with Gasteiger partial charge in [0, 0.05) is 11.8 Å². The molecule has 180 valence electrons. The predicted octanol–water partition coefficient (Wildman–Crippen LogP) is 3.52. The van der Waals surface area contributed by atoms with Crippen molar-refractivity contribution in [2.75, 3.05) is 4.90 Å². The van der Waals surface area contributed by atoms with Gasteiger partial charge in [0.05, 0.1) is 17.8 Å². The van der Waals surface area contributed by atoms with Gasteiger partial charge in [-0.15, -0.1) is 10.2 Å². The number of ether oxygens (including phenoxy) is 1. The van der Waals surface area contributed by atoms with Gasteiger partial charge < -0.3 is 19.6 Å². The topological polar surface area (TPSA) is 118 Å². The van der Waals surface area contributed by atoms with E-state index in [1.54, 1.807) is 19.9 Å². The Morgan fingerprint density at radius 1 is 1.18 bits per heavy atom. The Hall–Kier alpha value is -2.94. The van der Waals surface area contributed by atoms with Crippen molar-refractivity contribution in [3.05, 3.63) is 41.6 Å². The Kier molecular flexibility index (Phi) is 7.11. The summed E-state index contributed by atoms with van der Waals surface area (Å²) in [5, 5.41) is 21.9. The molecule has 2 aromatic rings. The first-order valence-electron chi connectivity index (χ1n) is 11.3. The molecule has 0 bridgehead atoms. The second-order valence-electron chi connectivity index (χ2n) is 10.1. The summed E-state index contributed by atoms with van der Waals surface area (Å²) < 4.78 is 11.1. The van der Waals surface area contributed by atoms with Crippen molar-refractivity contribution in [2.24, 2.45) is 5.92 Å². The van der Waals surface area contributed by atoms with E-state index in [9.17, 15) is 14.7 Å². The number of aliphatic hydroxyl groups is 1. The number of hydrogen-bond acceptors (Lipinski definition) is 7. The SMILES string of the molecule is CC(C)OC(=O)N1c2ccccc2C[C@H]1C(=O)N[C@@H](C(C)C)C(O)c1nnc(C(C)(C)C)o1. The number of anilines is 1. The average Bonchev–Trinajstić information content (AvgIpc) is 3.35. The highest BCUT2D eigenvalue weighted by atomic mass is 16.6. The van der Waals surface area contributed by atoms with Crippen LogP contribution in [0.25, 0.3) is 0 Å². The van der Waals surface area contributed by atoms with Gasteiger partial charge in [-0.25, -0.2) is 4.79 Å². The first kappa shape index (κ1) is 24.7. The highest BCUT2D eigenvalue weighted by Gasteiger charge is 2.41. The van der Waals surface area contributed by atoms with Crippen LogP contribution in [0.1, 0.15) is 71.9 Å². The van der Waals surface area contributed by atoms with E-state index in [0.29, 0.717) is 18.0 Å². The maximum Gasteiger partial charge on any atom is 0.415 e. The maximum absolute atomic E-state index is 13.4. The number of carbonyl (C=O) groups is 2. The Morgan fingerprint density at radius 2 is 1.85 bits per heavy atom. The number of para-hydroxylation sites is 1. The number of carbonyl (C=O) groups excluding carboxylic acids is 2. The number of fused-ring (bicyclic) bond motifs is 1. The summed E-state index contributed by atoms with van der Waals surface area (Å²) in [5.74, 6) is -0.0852. The van der Waals surface area contributed by atoms with E-state index in [1.807, 2.05) is 52.8 Å². The third-order valence-corrected chi connectivity index (χ3v) is 5.51. The first-order chi connectivity index (χ1) is 15.4. The molecule has 2 N–H and O–H groups in total. The zero-order chi connectivity index (χ0) is 24.5. The zero-order valence-corrected chi connectivity index (χ0v) is 20.3. The molecule has 3 atom stereocenters. The van der Waals surface area contributed by atoms with Crippen LogP contribution < -0.4 is 10.2 Å². The van der Waals surface area contributed by atoms with Gasteiger partial charge in [0.1, 0.15) is 6.04 Å². The van der Waals surface area contributed by atoms with Crippen molar-refractivity contribution in [3.63, 3.8) is 0 Å². The Labute approximate surface area is 194 Å². The van der Waals surface area contributed by atoms with Crippen LogP contribution in [0.3, 0.4) is 0 Å². The summed E-state index contributed by atoms with van der Waals surface area (Å²) in [7, 11) is 0. The van der Waals surface area contributed by atoms with Crippen molar-refractivity contribution < 1.29 is 23.8 Å². The summed E-state index contributed by atoms with van der Waals surface area (Å²) in [6.45, 7) is 13.1. The van der Waals surface area contributed by atoms with Gasteiger partial charge in [-0.05, 0) is 31.4 Å². The number of nitrogens with one attached hydrogen (secondary N) is 1. The molecule has 1 aromatic heterocycles. The number of aliphatic hydroxyl groups excluding tert-OH is 1. The molecule has 0 saturated heterocycles. The number of hydrogen-bond donors (Lipinski definition) is 2. The summed E-state index contributed by atoms with van der Waals surface area (Å²) in [5.41, 5.74) is 1.16. The van der Waals surface area contributed by atoms with E-state index in [2.05, 4.69) is 15.5 Å². The molecule has 1 unspecified atom stereocenters. The van der Waals surface area contributed by atoms with E-state index in [-0.39, 0.29) is 29.2 Å². The van der Waals surface area contributed by atoms with Crippen molar-refractivity contribution >= 4 is 17.7 Å². The Balaban J connectivity index is 1.83. The number of benzene rings is 1. The Bertz CT molecular complexity index is 995. The smallest absolute Gasteiger partial charge is 0.415 e. The van der Waals surface area contributed by atoms with Gasteiger partial charge in [-0.3, -0.25) is 9.69 Å². The predicted molar refractivity (Wildman–Crippen MR) is 123 cm³/mol. The first-order valence-corrected chi connectivity index (χ1v) is 11.3. The highest BCUT2D eigenvalue weighted by molar-refractivity contribution is 6.00. The third kappa shape index (κ3) is 5.35. The maximum atomic E-state index is 13.4. The fourth-order valence-electron chi connectivity index (χ4n) is 3.76. The number of nitrogens with zero attached hydrogens (tertiary/aromatic N) is 3. The quantitative estimate of drug-likeness (QED) is 0.680. The van der Waals surface area contributed by atoms with Gasteiger partial charge in [-0.1, -0.05) is 52.8 Å². The summed E-state index contributed by atoms with van der Waals surface area (Å²) >= 11 is 0. The van der Waals surface area contributed by atoms with Crippen LogP contribution in [0.2, 0.25) is 0 Å². The molecule has 0 spiro atoms. The van der Waals surface area contributed by atoms with Gasteiger partial charge in [0.2, 0.25) is 17.7 Å². The lowest BCUT2D eigenvalue weighted by Crippen LogP contribution is -2.53. The monoisotopic (exact) mass is 458 g/mol. The molecule has 0 aliphatic carbocycles. The minimum atomic E-state index is -1.20. The van der Waals surface area contributed by atoms with Crippen LogP contribution >= 0.6 is 0 Å². The lowest BCUT2D eigenvalue weighted by atomic mass is 9.97. The third-order valence-electron chi connectivity index (χ3n) is 5.51. The van der Waals surface area contributed by atoms with Crippen LogP contribution in [-0.4, -0.2) is 45.5 Å². The van der Waals surface area contributed by atoms with Crippen molar-refractivity contribution in [1.29, 1.82) is 0 Å². The summed E-state index contributed by atoms with van der Waals surface area (Å²) in [4.78, 5) is 27.6. The fraction of sp³-hybridized carbons (Fsp3) is 0.583. The molecule has 3 rings (SSSR count). The molecule has 1 aliphatic heterocycles. The molecule has 0 saturated carbocycles. The minimum Gasteiger partial charge on any atom is -0.446 e. The van der Waals surface area contributed by atoms with E-state index in [4.69, 9.17) is 9.15 Å². The number of rotatable bonds is 6. The average molecular weight is 459 g/mol. The molecule has 2 heterocycles. The summed E-state index contributed by atoms with van der Waals surface area (Å²) in [6, 6.07) is 5.88. The molecule has 0 fully saturated rings. The molecule has 33 heavy (non-hydrogen) atoms. The van der Waals surface area contributed by atoms with Crippen LogP contribution in [0.15, 0.2) is 28.7 Å². The number of aromatic nitrogens is 2. The second kappa shape index (κ2) is 9.51. The second-order valence-corrected chi connectivity index (χ2v) is 10.1. The molecule has 9 nitrogen and oxygen atoms in total. The van der Waals surface area contributed by atoms with Gasteiger partial charge in [0.15, 0.2) is 6.10 Å². The van der Waals surface area contributed by atoms with E-state index in [1.165, 1.54) is 4.90 Å². The molecule has 0 radical (unpaired) electrons. The van der Waals surface area contributed by atoms with Crippen LogP contribution in [-0.2, 0) is 21.4 Å². The summed E-state index contributed by atoms with van der Waals surface area (Å²) in [6.07, 6.45) is -1.75. The molecule has 1 aliphatic rings. The molecule has 9 heteroatoms. The minimum absolute atomic E-state index is 0.0460. The lowest BCUT2D eigenvalue weighted by Gasteiger charge is -2.30. The molecule has 1 aromatic carbocycles. The lowest BCUT2D eigenvalue weighted by molar-refractivity contribution is -0.124. The van der Waals surface area contributed by atoms with Crippen LogP contribution in [0.4, 0.5) is 10.5 Å². The standard InChI is InChI=1S/C24H34N4O5/c1-13(2)18(19(29)21-26-27-22(33-21)24(5,6)7)25-20(30)17-12-15-10-8-9-11-16(15)28(17)23(31)32-14(3)4/h8-11,13-14,17-19,29H,12H2,1-7H3,(H,25,30)/t17-,18-,19?/m0/s1. The van der Waals surface area contributed by atoms with E-state index < -0.39 is 24.3 Å². The Morgan fingerprint density at radius 3 is 2.42 bits per heavy atom. The normalized spacial score (nSPS) is 17.8. The fourth-order valence-corrected chi connectivity index (χ4v) is 3.76. The highest BCUT2D eigenvalue weighted by Crippen LogP contribution is 2.33. The zero-order valence-electron chi connectivity index (χ0n) is 20.3. The van der Waals surface area contributed by atoms with Gasteiger partial charge in [-0.2, -0.15) is 0 Å². The van der Waals surface area contributed by atoms with Crippen LogP contribution in [0.5, 0.6) is 0 Å². The van der Waals surface area contributed by atoms with Crippen molar-refractivity contribution in [1.82, 2.24) is 15.5 Å². The van der Waals surface area contributed by atoms with Gasteiger partial charge >= 0.3 is 6.09 Å². The molecular weight excluding hydrogens is 424 g/mol. The molecular formula is C24H34N4O5. The van der Waals surface area contributed by atoms with Crippen molar-refractivity contribution in [2.45, 2.75) is 84.6 Å². The number of amides is 2. The van der Waals surface area contributed by atoms with Crippen molar-refractivity contribution in [3.8, 4) is 0 Å². The van der Waals surface area contributed by atoms with E-state index >= 15 is 0 Å². The van der Waals surface area contributed by atoms with Crippen LogP contribution in [0, 0.1) is 5.92 Å².